The molecule has 0 aromatic carbocycles. The van der Waals surface area contributed by atoms with Crippen LogP contribution >= 0.6 is 0 Å². The van der Waals surface area contributed by atoms with Gasteiger partial charge < -0.3 is 10.4 Å². The molecule has 2 aromatic rings. The number of aromatic nitrogens is 2. The Morgan fingerprint density at radius 1 is 1.16 bits per heavy atom. The molecule has 0 spiro atoms. The standard InChI is InChI=1S/C13H11N3O3/c1-8-4-2-6-14-10(8)12(17)16-11-9(13(18)19)5-3-7-15-11/h2-7H,1H3,(H,18,19)(H,15,16,17). The van der Waals surface area contributed by atoms with Gasteiger partial charge in [0.15, 0.2) is 0 Å². The fraction of sp³-hybridized carbons (Fsp3) is 0.0769. The van der Waals surface area contributed by atoms with E-state index in [2.05, 4.69) is 15.3 Å². The minimum atomic E-state index is -1.15. The predicted molar refractivity (Wildman–Crippen MR) is 68.1 cm³/mol. The summed E-state index contributed by atoms with van der Waals surface area (Å²) < 4.78 is 0. The Hall–Kier alpha value is -2.76. The molecule has 2 aromatic heterocycles. The van der Waals surface area contributed by atoms with E-state index in [1.165, 1.54) is 24.5 Å². The first-order valence-electron chi connectivity index (χ1n) is 5.51. The Morgan fingerprint density at radius 2 is 1.84 bits per heavy atom. The molecule has 0 aliphatic rings. The Bertz CT molecular complexity index is 641. The van der Waals surface area contributed by atoms with Gasteiger partial charge in [0.25, 0.3) is 5.91 Å². The summed E-state index contributed by atoms with van der Waals surface area (Å²) in [6, 6.07) is 6.33. The summed E-state index contributed by atoms with van der Waals surface area (Å²) in [5.74, 6) is -1.63. The molecule has 2 heterocycles. The summed E-state index contributed by atoms with van der Waals surface area (Å²) in [5, 5.41) is 11.5. The van der Waals surface area contributed by atoms with Gasteiger partial charge in [-0.1, -0.05) is 6.07 Å². The number of carboxylic acid groups (broad SMARTS) is 1. The Labute approximate surface area is 109 Å². The zero-order valence-corrected chi connectivity index (χ0v) is 10.1. The number of anilines is 1. The van der Waals surface area contributed by atoms with Crippen LogP contribution in [0.5, 0.6) is 0 Å². The molecule has 2 rings (SSSR count). The Kier molecular flexibility index (Phi) is 3.51. The van der Waals surface area contributed by atoms with Gasteiger partial charge in [0.1, 0.15) is 17.1 Å². The van der Waals surface area contributed by atoms with Crippen LogP contribution in [0.25, 0.3) is 0 Å². The molecule has 0 saturated carbocycles. The molecule has 1 amide bonds. The van der Waals surface area contributed by atoms with E-state index in [4.69, 9.17) is 5.11 Å². The molecule has 0 saturated heterocycles. The summed E-state index contributed by atoms with van der Waals surface area (Å²) in [5.41, 5.74) is 0.877. The van der Waals surface area contributed by atoms with Gasteiger partial charge in [-0.2, -0.15) is 0 Å². The number of hydrogen-bond acceptors (Lipinski definition) is 4. The van der Waals surface area contributed by atoms with Gasteiger partial charge in [0.2, 0.25) is 0 Å². The van der Waals surface area contributed by atoms with Crippen LogP contribution in [-0.4, -0.2) is 27.0 Å². The average Bonchev–Trinajstić information content (AvgIpc) is 2.39. The van der Waals surface area contributed by atoms with Crippen LogP contribution in [0.15, 0.2) is 36.7 Å². The molecule has 0 aliphatic heterocycles. The number of nitrogens with one attached hydrogen (secondary N) is 1. The lowest BCUT2D eigenvalue weighted by Crippen LogP contribution is -2.18. The van der Waals surface area contributed by atoms with Gasteiger partial charge in [0, 0.05) is 12.4 Å². The molecule has 0 fully saturated rings. The van der Waals surface area contributed by atoms with Crippen molar-refractivity contribution in [1.82, 2.24) is 9.97 Å². The second-order valence-electron chi connectivity index (χ2n) is 3.83. The van der Waals surface area contributed by atoms with Gasteiger partial charge in [-0.3, -0.25) is 9.78 Å². The molecule has 6 heteroatoms. The second kappa shape index (κ2) is 5.26. The van der Waals surface area contributed by atoms with Crippen molar-refractivity contribution in [2.75, 3.05) is 5.32 Å². The maximum Gasteiger partial charge on any atom is 0.339 e. The maximum atomic E-state index is 12.0. The van der Waals surface area contributed by atoms with Crippen molar-refractivity contribution in [3.8, 4) is 0 Å². The number of carbonyl (C=O) groups excluding carboxylic acids is 1. The predicted octanol–water partition coefficient (Wildman–Crippen LogP) is 1.74. The molecular weight excluding hydrogens is 246 g/mol. The summed E-state index contributed by atoms with van der Waals surface area (Å²) in [7, 11) is 0. The number of hydrogen-bond donors (Lipinski definition) is 2. The Balaban J connectivity index is 2.30. The molecule has 2 N–H and O–H groups in total. The number of amides is 1. The maximum absolute atomic E-state index is 12.0. The fourth-order valence-electron chi connectivity index (χ4n) is 1.57. The number of carbonyl (C=O) groups is 2. The molecule has 96 valence electrons. The summed E-state index contributed by atoms with van der Waals surface area (Å²) in [6.07, 6.45) is 2.91. The minimum Gasteiger partial charge on any atom is -0.478 e. The first kappa shape index (κ1) is 12.7. The van der Waals surface area contributed by atoms with Crippen LogP contribution < -0.4 is 5.32 Å². The molecule has 0 atom stereocenters. The number of rotatable bonds is 3. The second-order valence-corrected chi connectivity index (χ2v) is 3.83. The topological polar surface area (TPSA) is 92.2 Å². The first-order chi connectivity index (χ1) is 9.09. The zero-order valence-electron chi connectivity index (χ0n) is 10.1. The Morgan fingerprint density at radius 3 is 2.53 bits per heavy atom. The highest BCUT2D eigenvalue weighted by Crippen LogP contribution is 2.13. The molecule has 6 nitrogen and oxygen atoms in total. The summed E-state index contributed by atoms with van der Waals surface area (Å²) in [4.78, 5) is 30.8. The van der Waals surface area contributed by atoms with E-state index in [-0.39, 0.29) is 17.1 Å². The third-order valence-electron chi connectivity index (χ3n) is 2.49. The highest BCUT2D eigenvalue weighted by molar-refractivity contribution is 6.06. The molecular formula is C13H11N3O3. The number of pyridine rings is 2. The van der Waals surface area contributed by atoms with Gasteiger partial charge in [0.05, 0.1) is 0 Å². The normalized spacial score (nSPS) is 9.95. The summed E-state index contributed by atoms with van der Waals surface area (Å²) >= 11 is 0. The zero-order chi connectivity index (χ0) is 13.8. The smallest absolute Gasteiger partial charge is 0.339 e. The van der Waals surface area contributed by atoms with Gasteiger partial charge >= 0.3 is 5.97 Å². The average molecular weight is 257 g/mol. The van der Waals surface area contributed by atoms with Gasteiger partial charge in [-0.05, 0) is 30.7 Å². The van der Waals surface area contributed by atoms with Crippen LogP contribution in [0.2, 0.25) is 0 Å². The number of aryl methyl sites for hydroxylation is 1. The van der Waals surface area contributed by atoms with E-state index >= 15 is 0 Å². The lowest BCUT2D eigenvalue weighted by atomic mass is 10.2. The van der Waals surface area contributed by atoms with Crippen molar-refractivity contribution in [3.05, 3.63) is 53.5 Å². The van der Waals surface area contributed by atoms with Gasteiger partial charge in [-0.25, -0.2) is 9.78 Å². The molecule has 0 aliphatic carbocycles. The highest BCUT2D eigenvalue weighted by Gasteiger charge is 2.16. The van der Waals surface area contributed by atoms with Crippen molar-refractivity contribution < 1.29 is 14.7 Å². The third kappa shape index (κ3) is 2.74. The first-order valence-corrected chi connectivity index (χ1v) is 5.51. The van der Waals surface area contributed by atoms with Crippen LogP contribution in [-0.2, 0) is 0 Å². The molecule has 19 heavy (non-hydrogen) atoms. The lowest BCUT2D eigenvalue weighted by molar-refractivity contribution is 0.0697. The van der Waals surface area contributed by atoms with Crippen molar-refractivity contribution in [3.63, 3.8) is 0 Å². The van der Waals surface area contributed by atoms with E-state index in [0.717, 1.165) is 0 Å². The van der Waals surface area contributed by atoms with Crippen molar-refractivity contribution >= 4 is 17.7 Å². The molecule has 0 radical (unpaired) electrons. The number of nitrogens with zero attached hydrogens (tertiary/aromatic N) is 2. The van der Waals surface area contributed by atoms with Crippen LogP contribution in [0.3, 0.4) is 0 Å². The monoisotopic (exact) mass is 257 g/mol. The summed E-state index contributed by atoms with van der Waals surface area (Å²) in [6.45, 7) is 1.75. The number of aromatic carboxylic acids is 1. The lowest BCUT2D eigenvalue weighted by Gasteiger charge is -2.07. The van der Waals surface area contributed by atoms with Crippen molar-refractivity contribution in [2.24, 2.45) is 0 Å². The van der Waals surface area contributed by atoms with E-state index in [1.54, 1.807) is 19.1 Å². The van der Waals surface area contributed by atoms with Crippen molar-refractivity contribution in [1.29, 1.82) is 0 Å². The fourth-order valence-corrected chi connectivity index (χ4v) is 1.57. The van der Waals surface area contributed by atoms with Gasteiger partial charge in [-0.15, -0.1) is 0 Å². The minimum absolute atomic E-state index is 0.00468. The van der Waals surface area contributed by atoms with Crippen LogP contribution in [0.4, 0.5) is 5.82 Å². The van der Waals surface area contributed by atoms with E-state index < -0.39 is 11.9 Å². The quantitative estimate of drug-likeness (QED) is 0.873. The van der Waals surface area contributed by atoms with E-state index in [1.807, 2.05) is 0 Å². The van der Waals surface area contributed by atoms with Crippen LogP contribution in [0, 0.1) is 6.92 Å². The van der Waals surface area contributed by atoms with E-state index in [9.17, 15) is 9.59 Å². The SMILES string of the molecule is Cc1cccnc1C(=O)Nc1ncccc1C(=O)O. The van der Waals surface area contributed by atoms with E-state index in [0.29, 0.717) is 5.56 Å². The van der Waals surface area contributed by atoms with Crippen molar-refractivity contribution in [2.45, 2.75) is 6.92 Å². The largest absolute Gasteiger partial charge is 0.478 e. The molecule has 0 bridgehead atoms. The third-order valence-corrected chi connectivity index (χ3v) is 2.49. The highest BCUT2D eigenvalue weighted by atomic mass is 16.4. The number of carboxylic acids is 1. The van der Waals surface area contributed by atoms with Crippen LogP contribution in [0.1, 0.15) is 26.4 Å². The molecule has 0 unspecified atom stereocenters.